The number of ether oxygens (including phenoxy) is 2. The number of amides is 1. The molecule has 0 saturated carbocycles. The molecule has 1 aliphatic heterocycles. The molecule has 1 aromatic rings. The Hall–Kier alpha value is -1.43. The maximum Gasteiger partial charge on any atom is 0.224 e. The van der Waals surface area contributed by atoms with Crippen molar-refractivity contribution in [1.82, 2.24) is 5.32 Å². The number of nitrogens with one attached hydrogen (secondary N) is 2. The molecule has 1 fully saturated rings. The smallest absolute Gasteiger partial charge is 0.224 e. The summed E-state index contributed by atoms with van der Waals surface area (Å²) in [5.41, 5.74) is 1.87. The molecule has 5 nitrogen and oxygen atoms in total. The van der Waals surface area contributed by atoms with E-state index in [4.69, 9.17) is 9.47 Å². The van der Waals surface area contributed by atoms with Gasteiger partial charge in [-0.2, -0.15) is 0 Å². The van der Waals surface area contributed by atoms with E-state index in [0.717, 1.165) is 24.3 Å². The first-order valence-corrected chi connectivity index (χ1v) is 6.94. The SMILES string of the molecule is COCCOCc1cccc(NC(=O)CC2CNC2)c1. The van der Waals surface area contributed by atoms with Gasteiger partial charge in [0.05, 0.1) is 19.8 Å². The lowest BCUT2D eigenvalue weighted by Gasteiger charge is -2.26. The van der Waals surface area contributed by atoms with Crippen LogP contribution in [0.3, 0.4) is 0 Å². The van der Waals surface area contributed by atoms with Gasteiger partial charge in [0.1, 0.15) is 0 Å². The first-order valence-electron chi connectivity index (χ1n) is 6.94. The van der Waals surface area contributed by atoms with Crippen molar-refractivity contribution in [2.75, 3.05) is 38.7 Å². The average Bonchev–Trinajstić information content (AvgIpc) is 2.40. The van der Waals surface area contributed by atoms with Gasteiger partial charge in [0.15, 0.2) is 0 Å². The van der Waals surface area contributed by atoms with Gasteiger partial charge >= 0.3 is 0 Å². The van der Waals surface area contributed by atoms with Gasteiger partial charge in [-0.1, -0.05) is 12.1 Å². The Kier molecular flexibility index (Phi) is 5.98. The van der Waals surface area contributed by atoms with Crippen LogP contribution in [0.25, 0.3) is 0 Å². The fourth-order valence-corrected chi connectivity index (χ4v) is 2.04. The summed E-state index contributed by atoms with van der Waals surface area (Å²) in [5.74, 6) is 0.560. The number of carbonyl (C=O) groups is 1. The Morgan fingerprint density at radius 3 is 2.95 bits per heavy atom. The van der Waals surface area contributed by atoms with Crippen LogP contribution in [0.4, 0.5) is 5.69 Å². The van der Waals surface area contributed by atoms with Crippen molar-refractivity contribution in [1.29, 1.82) is 0 Å². The van der Waals surface area contributed by atoms with Crippen LogP contribution in [0.1, 0.15) is 12.0 Å². The molecule has 110 valence electrons. The average molecular weight is 278 g/mol. The van der Waals surface area contributed by atoms with E-state index in [1.54, 1.807) is 7.11 Å². The van der Waals surface area contributed by atoms with E-state index in [2.05, 4.69) is 10.6 Å². The predicted molar refractivity (Wildman–Crippen MR) is 77.6 cm³/mol. The standard InChI is InChI=1S/C15H22N2O3/c1-19-5-6-20-11-12-3-2-4-14(7-12)17-15(18)8-13-9-16-10-13/h2-4,7,13,16H,5-6,8-11H2,1H3,(H,17,18). The second-order valence-corrected chi connectivity index (χ2v) is 5.02. The number of hydrogen-bond donors (Lipinski definition) is 2. The zero-order valence-electron chi connectivity index (χ0n) is 11.9. The molecule has 0 bridgehead atoms. The molecule has 0 spiro atoms. The molecule has 1 heterocycles. The number of anilines is 1. The van der Waals surface area contributed by atoms with Gasteiger partial charge in [-0.15, -0.1) is 0 Å². The van der Waals surface area contributed by atoms with Crippen molar-refractivity contribution in [3.63, 3.8) is 0 Å². The highest BCUT2D eigenvalue weighted by Crippen LogP contribution is 2.14. The molecule has 1 aromatic carbocycles. The molecule has 0 aliphatic carbocycles. The number of rotatable bonds is 8. The van der Waals surface area contributed by atoms with E-state index in [1.165, 1.54) is 0 Å². The second-order valence-electron chi connectivity index (χ2n) is 5.02. The summed E-state index contributed by atoms with van der Waals surface area (Å²) in [5, 5.41) is 6.10. The van der Waals surface area contributed by atoms with E-state index in [1.807, 2.05) is 24.3 Å². The van der Waals surface area contributed by atoms with Crippen molar-refractivity contribution in [2.24, 2.45) is 5.92 Å². The van der Waals surface area contributed by atoms with Crippen molar-refractivity contribution in [3.8, 4) is 0 Å². The van der Waals surface area contributed by atoms with Gasteiger partial charge in [0.2, 0.25) is 5.91 Å². The third-order valence-electron chi connectivity index (χ3n) is 3.25. The first kappa shape index (κ1) is 15.0. The fraction of sp³-hybridized carbons (Fsp3) is 0.533. The van der Waals surface area contributed by atoms with Crippen LogP contribution in [0.15, 0.2) is 24.3 Å². The lowest BCUT2D eigenvalue weighted by atomic mass is 9.99. The minimum atomic E-state index is 0.0777. The van der Waals surface area contributed by atoms with Gasteiger partial charge in [0, 0.05) is 19.2 Å². The fourth-order valence-electron chi connectivity index (χ4n) is 2.04. The summed E-state index contributed by atoms with van der Waals surface area (Å²) in [6.07, 6.45) is 0.585. The Morgan fingerprint density at radius 2 is 2.25 bits per heavy atom. The molecular weight excluding hydrogens is 256 g/mol. The molecule has 0 radical (unpaired) electrons. The van der Waals surface area contributed by atoms with Crippen molar-refractivity contribution < 1.29 is 14.3 Å². The van der Waals surface area contributed by atoms with Crippen molar-refractivity contribution in [3.05, 3.63) is 29.8 Å². The zero-order valence-corrected chi connectivity index (χ0v) is 11.9. The highest BCUT2D eigenvalue weighted by atomic mass is 16.5. The Balaban J connectivity index is 1.77. The number of benzene rings is 1. The molecule has 0 atom stereocenters. The quantitative estimate of drug-likeness (QED) is 0.706. The van der Waals surface area contributed by atoms with Crippen molar-refractivity contribution in [2.45, 2.75) is 13.0 Å². The van der Waals surface area contributed by atoms with Gasteiger partial charge < -0.3 is 20.1 Å². The van der Waals surface area contributed by atoms with E-state index >= 15 is 0 Å². The van der Waals surface area contributed by atoms with Crippen LogP contribution >= 0.6 is 0 Å². The van der Waals surface area contributed by atoms with Gasteiger partial charge in [-0.25, -0.2) is 0 Å². The van der Waals surface area contributed by atoms with Crippen LogP contribution < -0.4 is 10.6 Å². The lowest BCUT2D eigenvalue weighted by molar-refractivity contribution is -0.117. The monoisotopic (exact) mass is 278 g/mol. The largest absolute Gasteiger partial charge is 0.382 e. The van der Waals surface area contributed by atoms with Gasteiger partial charge in [0.25, 0.3) is 0 Å². The second kappa shape index (κ2) is 7.99. The third kappa shape index (κ3) is 4.92. The highest BCUT2D eigenvalue weighted by molar-refractivity contribution is 5.91. The summed E-state index contributed by atoms with van der Waals surface area (Å²) in [6, 6.07) is 7.76. The summed E-state index contributed by atoms with van der Waals surface area (Å²) in [4.78, 5) is 11.8. The Labute approximate surface area is 119 Å². The molecule has 5 heteroatoms. The van der Waals surface area contributed by atoms with E-state index < -0.39 is 0 Å². The van der Waals surface area contributed by atoms with Crippen LogP contribution in [0.2, 0.25) is 0 Å². The van der Waals surface area contributed by atoms with Crippen LogP contribution in [0, 0.1) is 5.92 Å². The normalized spacial score (nSPS) is 14.8. The maximum atomic E-state index is 11.8. The molecule has 2 N–H and O–H groups in total. The Bertz CT molecular complexity index is 433. The summed E-state index contributed by atoms with van der Waals surface area (Å²) < 4.78 is 10.4. The number of carbonyl (C=O) groups excluding carboxylic acids is 1. The van der Waals surface area contributed by atoms with Gasteiger partial charge in [-0.05, 0) is 36.7 Å². The molecule has 2 rings (SSSR count). The maximum absolute atomic E-state index is 11.8. The minimum Gasteiger partial charge on any atom is -0.382 e. The van der Waals surface area contributed by atoms with Crippen LogP contribution in [-0.2, 0) is 20.9 Å². The summed E-state index contributed by atoms with van der Waals surface area (Å²) >= 11 is 0. The van der Waals surface area contributed by atoms with Gasteiger partial charge in [-0.3, -0.25) is 4.79 Å². The summed E-state index contributed by atoms with van der Waals surface area (Å²) in [7, 11) is 1.65. The van der Waals surface area contributed by atoms with E-state index in [0.29, 0.717) is 32.2 Å². The molecule has 20 heavy (non-hydrogen) atoms. The zero-order chi connectivity index (χ0) is 14.2. The number of methoxy groups -OCH3 is 1. The summed E-state index contributed by atoms with van der Waals surface area (Å²) in [6.45, 7) is 3.58. The van der Waals surface area contributed by atoms with E-state index in [9.17, 15) is 4.79 Å². The number of hydrogen-bond acceptors (Lipinski definition) is 4. The Morgan fingerprint density at radius 1 is 1.40 bits per heavy atom. The molecule has 0 aromatic heterocycles. The topological polar surface area (TPSA) is 59.6 Å². The van der Waals surface area contributed by atoms with Crippen molar-refractivity contribution >= 4 is 11.6 Å². The van der Waals surface area contributed by atoms with Crippen LogP contribution in [-0.4, -0.2) is 39.3 Å². The van der Waals surface area contributed by atoms with Crippen LogP contribution in [0.5, 0.6) is 0 Å². The lowest BCUT2D eigenvalue weighted by Crippen LogP contribution is -2.43. The van der Waals surface area contributed by atoms with E-state index in [-0.39, 0.29) is 5.91 Å². The molecular formula is C15H22N2O3. The highest BCUT2D eigenvalue weighted by Gasteiger charge is 2.19. The minimum absolute atomic E-state index is 0.0777. The molecule has 0 unspecified atom stereocenters. The molecule has 1 aliphatic rings. The third-order valence-corrected chi connectivity index (χ3v) is 3.25. The molecule has 1 saturated heterocycles. The predicted octanol–water partition coefficient (Wildman–Crippen LogP) is 1.40. The molecule has 1 amide bonds. The first-order chi connectivity index (χ1) is 9.78.